The lowest BCUT2D eigenvalue weighted by molar-refractivity contribution is 0.206. The molecule has 0 spiro atoms. The molecule has 0 unspecified atom stereocenters. The number of anilines is 1. The zero-order valence-electron chi connectivity index (χ0n) is 11.6. The molecule has 0 amide bonds. The molecule has 0 bridgehead atoms. The van der Waals surface area contributed by atoms with Gasteiger partial charge in [-0.1, -0.05) is 0 Å². The largest absolute Gasteiger partial charge is 0.369 e. The first-order valence-electron chi connectivity index (χ1n) is 6.91. The third-order valence-corrected chi connectivity index (χ3v) is 4.14. The van der Waals surface area contributed by atoms with E-state index in [-0.39, 0.29) is 0 Å². The topological polar surface area (TPSA) is 60.0 Å². The van der Waals surface area contributed by atoms with E-state index in [1.807, 2.05) is 12.3 Å². The Balaban J connectivity index is 1.88. The van der Waals surface area contributed by atoms with Crippen molar-refractivity contribution >= 4 is 17.1 Å². The van der Waals surface area contributed by atoms with Gasteiger partial charge in [0.05, 0.1) is 0 Å². The number of likely N-dealkylation sites (tertiary alicyclic amines) is 1. The van der Waals surface area contributed by atoms with Gasteiger partial charge in [-0.25, -0.2) is 9.97 Å². The molecule has 5 nitrogen and oxygen atoms in total. The Bertz CT molecular complexity index is 581. The normalized spacial score (nSPS) is 18.2. The summed E-state index contributed by atoms with van der Waals surface area (Å²) in [7, 11) is 2.18. The van der Waals surface area contributed by atoms with Crippen LogP contribution < -0.4 is 5.73 Å². The number of nitrogens with two attached hydrogens (primary N) is 1. The minimum Gasteiger partial charge on any atom is -0.369 e. The number of hydrogen-bond donors (Lipinski definition) is 1. The lowest BCUT2D eigenvalue weighted by Crippen LogP contribution is -2.32. The third-order valence-electron chi connectivity index (χ3n) is 4.14. The fourth-order valence-corrected chi connectivity index (χ4v) is 2.84. The van der Waals surface area contributed by atoms with Gasteiger partial charge < -0.3 is 10.6 Å². The highest BCUT2D eigenvalue weighted by molar-refractivity contribution is 5.77. The predicted octanol–water partition coefficient (Wildman–Crippen LogP) is 1.66. The summed E-state index contributed by atoms with van der Waals surface area (Å²) in [5.74, 6) is 1.27. The minimum absolute atomic E-state index is 0.593. The van der Waals surface area contributed by atoms with Crippen molar-refractivity contribution in [2.75, 3.05) is 25.9 Å². The van der Waals surface area contributed by atoms with Gasteiger partial charge in [0.25, 0.3) is 0 Å². The van der Waals surface area contributed by atoms with E-state index < -0.39 is 0 Å². The molecule has 1 aliphatic rings. The maximum absolute atomic E-state index is 6.07. The molecule has 1 fully saturated rings. The SMILES string of the molecule is Cc1ccnc2c1nc(N)n2CC1CCN(C)CC1. The second-order valence-electron chi connectivity index (χ2n) is 5.63. The van der Waals surface area contributed by atoms with E-state index in [2.05, 4.69) is 33.4 Å². The Morgan fingerprint density at radius 2 is 2.11 bits per heavy atom. The monoisotopic (exact) mass is 259 g/mol. The highest BCUT2D eigenvalue weighted by atomic mass is 15.2. The van der Waals surface area contributed by atoms with Crippen molar-refractivity contribution in [3.8, 4) is 0 Å². The average molecular weight is 259 g/mol. The van der Waals surface area contributed by atoms with Gasteiger partial charge >= 0.3 is 0 Å². The van der Waals surface area contributed by atoms with Crippen molar-refractivity contribution in [1.82, 2.24) is 19.4 Å². The zero-order valence-corrected chi connectivity index (χ0v) is 11.6. The minimum atomic E-state index is 0.593. The van der Waals surface area contributed by atoms with Crippen LogP contribution in [0.15, 0.2) is 12.3 Å². The number of imidazole rings is 1. The van der Waals surface area contributed by atoms with Gasteiger partial charge in [-0.05, 0) is 57.5 Å². The average Bonchev–Trinajstić information content (AvgIpc) is 2.71. The molecule has 1 aliphatic heterocycles. The second kappa shape index (κ2) is 4.81. The highest BCUT2D eigenvalue weighted by Crippen LogP contribution is 2.24. The summed E-state index contributed by atoms with van der Waals surface area (Å²) < 4.78 is 2.08. The number of rotatable bonds is 2. The van der Waals surface area contributed by atoms with E-state index >= 15 is 0 Å². The molecule has 19 heavy (non-hydrogen) atoms. The molecular weight excluding hydrogens is 238 g/mol. The van der Waals surface area contributed by atoms with E-state index in [1.54, 1.807) is 0 Å². The number of nitrogen functional groups attached to an aromatic ring is 1. The second-order valence-corrected chi connectivity index (χ2v) is 5.63. The number of aryl methyl sites for hydroxylation is 1. The van der Waals surface area contributed by atoms with Crippen LogP contribution in [0.1, 0.15) is 18.4 Å². The molecule has 5 heteroatoms. The zero-order chi connectivity index (χ0) is 13.4. The summed E-state index contributed by atoms with van der Waals surface area (Å²) in [6, 6.07) is 1.98. The van der Waals surface area contributed by atoms with Gasteiger partial charge in [0.1, 0.15) is 5.52 Å². The molecular formula is C14H21N5. The van der Waals surface area contributed by atoms with Crippen LogP contribution in [0.4, 0.5) is 5.95 Å². The van der Waals surface area contributed by atoms with E-state index in [0.717, 1.165) is 23.3 Å². The third kappa shape index (κ3) is 2.30. The first-order valence-corrected chi connectivity index (χ1v) is 6.91. The quantitative estimate of drug-likeness (QED) is 0.891. The Morgan fingerprint density at radius 1 is 1.37 bits per heavy atom. The summed E-state index contributed by atoms with van der Waals surface area (Å²) in [4.78, 5) is 11.3. The number of fused-ring (bicyclic) bond motifs is 1. The standard InChI is InChI=1S/C14H21N5/c1-10-3-6-16-13-12(10)17-14(15)19(13)9-11-4-7-18(2)8-5-11/h3,6,11H,4-5,7-9H2,1-2H3,(H2,15,17). The van der Waals surface area contributed by atoms with Crippen LogP contribution in [-0.2, 0) is 6.54 Å². The Morgan fingerprint density at radius 3 is 2.84 bits per heavy atom. The van der Waals surface area contributed by atoms with Gasteiger partial charge in [0.2, 0.25) is 5.95 Å². The van der Waals surface area contributed by atoms with Crippen LogP contribution in [0.25, 0.3) is 11.2 Å². The molecule has 0 aromatic carbocycles. The molecule has 0 radical (unpaired) electrons. The highest BCUT2D eigenvalue weighted by Gasteiger charge is 2.20. The maximum atomic E-state index is 6.07. The molecule has 0 saturated carbocycles. The Hall–Kier alpha value is -1.62. The summed E-state index contributed by atoms with van der Waals surface area (Å²) in [6.07, 6.45) is 4.28. The van der Waals surface area contributed by atoms with Crippen molar-refractivity contribution in [2.45, 2.75) is 26.3 Å². The van der Waals surface area contributed by atoms with Gasteiger partial charge in [-0.3, -0.25) is 4.57 Å². The summed E-state index contributed by atoms with van der Waals surface area (Å²) in [6.45, 7) is 5.33. The fourth-order valence-electron chi connectivity index (χ4n) is 2.84. The van der Waals surface area contributed by atoms with E-state index in [0.29, 0.717) is 11.9 Å². The van der Waals surface area contributed by atoms with Gasteiger partial charge in [0, 0.05) is 12.7 Å². The molecule has 102 valence electrons. The van der Waals surface area contributed by atoms with Crippen molar-refractivity contribution in [3.63, 3.8) is 0 Å². The van der Waals surface area contributed by atoms with Crippen molar-refractivity contribution < 1.29 is 0 Å². The number of hydrogen-bond acceptors (Lipinski definition) is 4. The van der Waals surface area contributed by atoms with Gasteiger partial charge in [0.15, 0.2) is 5.65 Å². The van der Waals surface area contributed by atoms with Crippen LogP contribution in [0.3, 0.4) is 0 Å². The molecule has 2 aromatic rings. The number of pyridine rings is 1. The number of piperidine rings is 1. The van der Waals surface area contributed by atoms with Gasteiger partial charge in [-0.15, -0.1) is 0 Å². The van der Waals surface area contributed by atoms with Crippen LogP contribution in [0.5, 0.6) is 0 Å². The summed E-state index contributed by atoms with van der Waals surface area (Å²) >= 11 is 0. The van der Waals surface area contributed by atoms with Crippen molar-refractivity contribution in [1.29, 1.82) is 0 Å². The molecule has 0 aliphatic carbocycles. The fraction of sp³-hybridized carbons (Fsp3) is 0.571. The van der Waals surface area contributed by atoms with E-state index in [1.165, 1.54) is 25.9 Å². The number of nitrogens with zero attached hydrogens (tertiary/aromatic N) is 4. The van der Waals surface area contributed by atoms with Crippen LogP contribution in [0, 0.1) is 12.8 Å². The maximum Gasteiger partial charge on any atom is 0.202 e. The van der Waals surface area contributed by atoms with Crippen LogP contribution >= 0.6 is 0 Å². The molecule has 2 aromatic heterocycles. The molecule has 1 saturated heterocycles. The lowest BCUT2D eigenvalue weighted by Gasteiger charge is -2.29. The summed E-state index contributed by atoms with van der Waals surface area (Å²) in [5, 5.41) is 0. The first-order chi connectivity index (χ1) is 9.15. The Labute approximate surface area is 113 Å². The van der Waals surface area contributed by atoms with Crippen LogP contribution in [0.2, 0.25) is 0 Å². The first kappa shape index (κ1) is 12.4. The number of aromatic nitrogens is 3. The predicted molar refractivity (Wildman–Crippen MR) is 76.9 cm³/mol. The van der Waals surface area contributed by atoms with E-state index in [4.69, 9.17) is 5.73 Å². The molecule has 0 atom stereocenters. The van der Waals surface area contributed by atoms with E-state index in [9.17, 15) is 0 Å². The summed E-state index contributed by atoms with van der Waals surface area (Å²) in [5.41, 5.74) is 9.07. The Kier molecular flexibility index (Phi) is 3.14. The van der Waals surface area contributed by atoms with Crippen molar-refractivity contribution in [3.05, 3.63) is 17.8 Å². The van der Waals surface area contributed by atoms with Crippen molar-refractivity contribution in [2.24, 2.45) is 5.92 Å². The molecule has 2 N–H and O–H groups in total. The van der Waals surface area contributed by atoms with Gasteiger partial charge in [-0.2, -0.15) is 0 Å². The molecule has 3 rings (SSSR count). The smallest absolute Gasteiger partial charge is 0.202 e. The lowest BCUT2D eigenvalue weighted by atomic mass is 9.97. The molecule has 3 heterocycles. The van der Waals surface area contributed by atoms with Crippen LogP contribution in [-0.4, -0.2) is 39.6 Å².